The van der Waals surface area contributed by atoms with Crippen molar-refractivity contribution < 1.29 is 18.3 Å². The van der Waals surface area contributed by atoms with Crippen molar-refractivity contribution in [2.75, 3.05) is 31.9 Å². The minimum atomic E-state index is -3.50. The molecule has 0 fully saturated rings. The van der Waals surface area contributed by atoms with Crippen LogP contribution in [0.25, 0.3) is 0 Å². The second-order valence-electron chi connectivity index (χ2n) is 8.92. The zero-order valence-corrected chi connectivity index (χ0v) is 22.1. The Morgan fingerprint density at radius 1 is 1.12 bits per heavy atom. The molecule has 0 saturated carbocycles. The van der Waals surface area contributed by atoms with Crippen LogP contribution in [0, 0.1) is 5.92 Å². The molecule has 0 radical (unpaired) electrons. The van der Waals surface area contributed by atoms with Crippen LogP contribution < -0.4 is 10.6 Å². The number of rotatable bonds is 17. The van der Waals surface area contributed by atoms with E-state index in [1.165, 1.54) is 4.31 Å². The number of carbonyl (C=O) groups is 1. The van der Waals surface area contributed by atoms with Crippen LogP contribution >= 0.6 is 11.6 Å². The van der Waals surface area contributed by atoms with Gasteiger partial charge in [-0.1, -0.05) is 51.4 Å². The molecule has 33 heavy (non-hydrogen) atoms. The van der Waals surface area contributed by atoms with Crippen molar-refractivity contribution in [3.05, 3.63) is 34.9 Å². The topological polar surface area (TPSA) is 98.7 Å². The van der Waals surface area contributed by atoms with Crippen molar-refractivity contribution in [3.8, 4) is 0 Å². The van der Waals surface area contributed by atoms with Crippen LogP contribution in [0.4, 0.5) is 0 Å². The van der Waals surface area contributed by atoms with Crippen molar-refractivity contribution >= 4 is 27.5 Å². The van der Waals surface area contributed by atoms with Gasteiger partial charge >= 0.3 is 0 Å². The summed E-state index contributed by atoms with van der Waals surface area (Å²) in [6, 6.07) is 6.71. The zero-order chi connectivity index (χ0) is 24.9. The van der Waals surface area contributed by atoms with E-state index in [9.17, 15) is 18.3 Å². The van der Waals surface area contributed by atoms with Crippen LogP contribution in [0.1, 0.15) is 58.9 Å². The van der Waals surface area contributed by atoms with Gasteiger partial charge in [-0.2, -0.15) is 0 Å². The average Bonchev–Trinajstić information content (AvgIpc) is 2.76. The fourth-order valence-corrected chi connectivity index (χ4v) is 5.21. The minimum absolute atomic E-state index is 0.142. The Morgan fingerprint density at radius 3 is 2.27 bits per heavy atom. The van der Waals surface area contributed by atoms with E-state index in [1.54, 1.807) is 12.1 Å². The van der Waals surface area contributed by atoms with Gasteiger partial charge in [0.25, 0.3) is 0 Å². The molecule has 1 aromatic carbocycles. The summed E-state index contributed by atoms with van der Waals surface area (Å²) >= 11 is 5.97. The highest BCUT2D eigenvalue weighted by Crippen LogP contribution is 2.13. The van der Waals surface area contributed by atoms with Gasteiger partial charge in [0.2, 0.25) is 15.9 Å². The smallest absolute Gasteiger partial charge is 0.221 e. The van der Waals surface area contributed by atoms with Crippen molar-refractivity contribution in [3.63, 3.8) is 0 Å². The lowest BCUT2D eigenvalue weighted by Crippen LogP contribution is -2.49. The van der Waals surface area contributed by atoms with Gasteiger partial charge in [-0.25, -0.2) is 12.7 Å². The van der Waals surface area contributed by atoms with Crippen LogP contribution in [-0.2, 0) is 21.2 Å². The molecule has 7 nitrogen and oxygen atoms in total. The molecule has 190 valence electrons. The average molecular weight is 504 g/mol. The third-order valence-electron chi connectivity index (χ3n) is 5.36. The highest BCUT2D eigenvalue weighted by atomic mass is 35.5. The largest absolute Gasteiger partial charge is 0.390 e. The predicted molar refractivity (Wildman–Crippen MR) is 136 cm³/mol. The van der Waals surface area contributed by atoms with Gasteiger partial charge in [-0.3, -0.25) is 4.79 Å². The monoisotopic (exact) mass is 503 g/mol. The van der Waals surface area contributed by atoms with E-state index >= 15 is 0 Å². The molecule has 0 saturated heterocycles. The molecular formula is C24H42ClN3O4S. The van der Waals surface area contributed by atoms with Crippen LogP contribution in [0.3, 0.4) is 0 Å². The fourth-order valence-electron chi connectivity index (χ4n) is 3.46. The first-order valence-corrected chi connectivity index (χ1v) is 14.0. The fraction of sp³-hybridized carbons (Fsp3) is 0.708. The van der Waals surface area contributed by atoms with Crippen LogP contribution in [0.2, 0.25) is 5.02 Å². The molecule has 1 amide bonds. The number of amides is 1. The highest BCUT2D eigenvalue weighted by molar-refractivity contribution is 7.89. The second kappa shape index (κ2) is 15.7. The Labute approximate surface area is 205 Å². The molecule has 0 bridgehead atoms. The summed E-state index contributed by atoms with van der Waals surface area (Å²) in [4.78, 5) is 12.7. The van der Waals surface area contributed by atoms with Crippen LogP contribution in [-0.4, -0.2) is 67.8 Å². The molecule has 0 heterocycles. The molecule has 0 aromatic heterocycles. The van der Waals surface area contributed by atoms with Crippen LogP contribution in [0.15, 0.2) is 24.3 Å². The Bertz CT molecular complexity index is 781. The quantitative estimate of drug-likeness (QED) is 0.283. The number of benzene rings is 1. The maximum Gasteiger partial charge on any atom is 0.221 e. The summed E-state index contributed by atoms with van der Waals surface area (Å²) in [5.74, 6) is -0.0669. The molecule has 9 heteroatoms. The molecule has 0 aliphatic carbocycles. The molecule has 2 atom stereocenters. The van der Waals surface area contributed by atoms with Crippen LogP contribution in [0.5, 0.6) is 0 Å². The van der Waals surface area contributed by atoms with E-state index in [-0.39, 0.29) is 18.1 Å². The van der Waals surface area contributed by atoms with E-state index in [4.69, 9.17) is 11.6 Å². The summed E-state index contributed by atoms with van der Waals surface area (Å²) in [6.07, 6.45) is 1.90. The van der Waals surface area contributed by atoms with Gasteiger partial charge in [-0.05, 0) is 55.8 Å². The third kappa shape index (κ3) is 12.2. The van der Waals surface area contributed by atoms with Gasteiger partial charge < -0.3 is 15.7 Å². The van der Waals surface area contributed by atoms with Gasteiger partial charge in [0.1, 0.15) is 0 Å². The third-order valence-corrected chi connectivity index (χ3v) is 7.48. The summed E-state index contributed by atoms with van der Waals surface area (Å²) in [5, 5.41) is 17.5. The van der Waals surface area contributed by atoms with Gasteiger partial charge in [0.05, 0.1) is 17.9 Å². The van der Waals surface area contributed by atoms with Crippen molar-refractivity contribution in [1.29, 1.82) is 0 Å². The highest BCUT2D eigenvalue weighted by Gasteiger charge is 2.25. The predicted octanol–water partition coefficient (Wildman–Crippen LogP) is 3.21. The van der Waals surface area contributed by atoms with Gasteiger partial charge in [0, 0.05) is 31.1 Å². The number of carbonyl (C=O) groups excluding carboxylic acids is 1. The van der Waals surface area contributed by atoms with Crippen molar-refractivity contribution in [2.45, 2.75) is 71.9 Å². The zero-order valence-electron chi connectivity index (χ0n) is 20.5. The van der Waals surface area contributed by atoms with E-state index in [0.29, 0.717) is 37.0 Å². The number of nitrogens with one attached hydrogen (secondary N) is 2. The first-order chi connectivity index (χ1) is 15.6. The summed E-state index contributed by atoms with van der Waals surface area (Å²) < 4.78 is 26.8. The van der Waals surface area contributed by atoms with Crippen molar-refractivity contribution in [2.24, 2.45) is 5.92 Å². The lowest BCUT2D eigenvalue weighted by Gasteiger charge is -2.25. The number of aliphatic hydroxyl groups is 1. The maximum absolute atomic E-state index is 12.7. The summed E-state index contributed by atoms with van der Waals surface area (Å²) in [6.45, 7) is 10.2. The number of aliphatic hydroxyl groups excluding tert-OH is 1. The van der Waals surface area contributed by atoms with Crippen molar-refractivity contribution in [1.82, 2.24) is 14.9 Å². The van der Waals surface area contributed by atoms with E-state index in [1.807, 2.05) is 26.0 Å². The Balaban J connectivity index is 2.77. The molecule has 0 aliphatic rings. The molecule has 0 spiro atoms. The molecule has 1 rings (SSSR count). The molecular weight excluding hydrogens is 462 g/mol. The number of halogens is 1. The summed E-state index contributed by atoms with van der Waals surface area (Å²) in [7, 11) is -3.50. The Kier molecular flexibility index (Phi) is 14.2. The first kappa shape index (κ1) is 29.8. The molecule has 0 unspecified atom stereocenters. The number of nitrogens with zero attached hydrogens (tertiary/aromatic N) is 1. The number of hydrogen-bond donors (Lipinski definition) is 3. The van der Waals surface area contributed by atoms with E-state index in [0.717, 1.165) is 31.4 Å². The first-order valence-electron chi connectivity index (χ1n) is 12.0. The SMILES string of the molecule is CCCN(CCC)S(=O)(=O)CCC(=O)N[C@@H](Cc1ccc(Cl)cc1)[C@H](O)CNCCC(C)C. The van der Waals surface area contributed by atoms with Gasteiger partial charge in [-0.15, -0.1) is 0 Å². The molecule has 3 N–H and O–H groups in total. The standard InChI is InChI=1S/C24H42ClN3O4S/c1-5-14-28(15-6-2)33(31,32)16-12-24(30)27-22(17-20-7-9-21(25)10-8-20)23(29)18-26-13-11-19(3)4/h7-10,19,22-23,26,29H,5-6,11-18H2,1-4H3,(H,27,30)/t22-,23+/m0/s1. The second-order valence-corrected chi connectivity index (χ2v) is 11.4. The normalized spacial score (nSPS) is 13.9. The Hall–Kier alpha value is -1.19. The number of hydrogen-bond acceptors (Lipinski definition) is 5. The lowest BCUT2D eigenvalue weighted by atomic mass is 10.0. The minimum Gasteiger partial charge on any atom is -0.390 e. The van der Waals surface area contributed by atoms with E-state index < -0.39 is 22.2 Å². The Morgan fingerprint density at radius 2 is 1.73 bits per heavy atom. The maximum atomic E-state index is 12.7. The van der Waals surface area contributed by atoms with Gasteiger partial charge in [0.15, 0.2) is 0 Å². The molecule has 0 aliphatic heterocycles. The molecule has 1 aromatic rings. The summed E-state index contributed by atoms with van der Waals surface area (Å²) in [5.41, 5.74) is 0.926. The number of sulfonamides is 1. The van der Waals surface area contributed by atoms with E-state index in [2.05, 4.69) is 24.5 Å². The lowest BCUT2D eigenvalue weighted by molar-refractivity contribution is -0.122.